The van der Waals surface area contributed by atoms with Gasteiger partial charge in [-0.25, -0.2) is 0 Å². The quantitative estimate of drug-likeness (QED) is 0.476. The molecule has 0 fully saturated rings. The average molecular weight is 383 g/mol. The lowest BCUT2D eigenvalue weighted by atomic mass is 9.88. The van der Waals surface area contributed by atoms with Crippen molar-refractivity contribution in [1.82, 2.24) is 9.88 Å². The molecular formula is C26H26N2O. The Hall–Kier alpha value is -3.33. The summed E-state index contributed by atoms with van der Waals surface area (Å²) in [5, 5.41) is 4.28. The van der Waals surface area contributed by atoms with Crippen LogP contribution in [0.5, 0.6) is 0 Å². The van der Waals surface area contributed by atoms with Crippen LogP contribution in [0, 0.1) is 0 Å². The lowest BCUT2D eigenvalue weighted by Gasteiger charge is -2.18. The van der Waals surface area contributed by atoms with Crippen molar-refractivity contribution in [3.8, 4) is 0 Å². The molecule has 3 nitrogen and oxygen atoms in total. The van der Waals surface area contributed by atoms with Crippen molar-refractivity contribution in [3.05, 3.63) is 108 Å². The summed E-state index contributed by atoms with van der Waals surface area (Å²) in [6.45, 7) is 0.651. The van der Waals surface area contributed by atoms with E-state index in [1.165, 1.54) is 11.1 Å². The van der Waals surface area contributed by atoms with Crippen molar-refractivity contribution in [3.63, 3.8) is 0 Å². The maximum Gasteiger partial charge on any atom is 0.224 e. The molecule has 0 bridgehead atoms. The third-order valence-electron chi connectivity index (χ3n) is 5.49. The molecule has 1 aromatic heterocycles. The molecule has 1 amide bonds. The first-order chi connectivity index (χ1) is 14.2. The third-order valence-corrected chi connectivity index (χ3v) is 5.49. The van der Waals surface area contributed by atoms with Crippen LogP contribution in [0.15, 0.2) is 91.1 Å². The molecule has 0 aliphatic heterocycles. The summed E-state index contributed by atoms with van der Waals surface area (Å²) >= 11 is 0. The summed E-state index contributed by atoms with van der Waals surface area (Å²) in [7, 11) is 2.02. The van der Waals surface area contributed by atoms with Gasteiger partial charge in [0.1, 0.15) is 0 Å². The second-order valence-electron chi connectivity index (χ2n) is 7.47. The number of amides is 1. The number of fused-ring (bicyclic) bond motifs is 1. The topological polar surface area (TPSA) is 34.0 Å². The van der Waals surface area contributed by atoms with E-state index in [1.807, 2.05) is 31.3 Å². The number of nitrogens with one attached hydrogen (secondary N) is 1. The smallest absolute Gasteiger partial charge is 0.224 e. The van der Waals surface area contributed by atoms with Crippen molar-refractivity contribution in [2.24, 2.45) is 7.05 Å². The minimum atomic E-state index is 0.0706. The first-order valence-electron chi connectivity index (χ1n) is 10.1. The molecule has 3 heteroatoms. The molecule has 0 aliphatic rings. The van der Waals surface area contributed by atoms with E-state index in [2.05, 4.69) is 76.7 Å². The highest BCUT2D eigenvalue weighted by molar-refractivity contribution is 5.89. The Morgan fingerprint density at radius 3 is 2.10 bits per heavy atom. The highest BCUT2D eigenvalue weighted by Gasteiger charge is 2.15. The summed E-state index contributed by atoms with van der Waals surface area (Å²) in [4.78, 5) is 12.6. The second-order valence-corrected chi connectivity index (χ2v) is 7.47. The molecule has 29 heavy (non-hydrogen) atoms. The first kappa shape index (κ1) is 19.0. The minimum Gasteiger partial charge on any atom is -0.356 e. The number of carbonyl (C=O) groups excluding carboxylic acids is 1. The Labute approximate surface area is 172 Å². The Kier molecular flexibility index (Phi) is 5.76. The molecule has 4 rings (SSSR count). The zero-order chi connectivity index (χ0) is 20.1. The maximum atomic E-state index is 12.6. The van der Waals surface area contributed by atoms with Crippen molar-refractivity contribution in [2.75, 3.05) is 6.54 Å². The lowest BCUT2D eigenvalue weighted by molar-refractivity contribution is -0.120. The van der Waals surface area contributed by atoms with Gasteiger partial charge in [-0.05, 0) is 29.2 Å². The van der Waals surface area contributed by atoms with E-state index in [0.717, 1.165) is 22.9 Å². The number of rotatable bonds is 7. The molecule has 0 atom stereocenters. The number of nitrogens with zero attached hydrogens (tertiary/aromatic N) is 1. The lowest BCUT2D eigenvalue weighted by Crippen LogP contribution is -2.27. The van der Waals surface area contributed by atoms with Crippen LogP contribution in [-0.4, -0.2) is 17.0 Å². The highest BCUT2D eigenvalue weighted by atomic mass is 16.1. The predicted octanol–water partition coefficient (Wildman–Crippen LogP) is 5.06. The molecule has 3 aromatic carbocycles. The number of aromatic nitrogens is 1. The predicted molar refractivity (Wildman–Crippen MR) is 119 cm³/mol. The average Bonchev–Trinajstić information content (AvgIpc) is 3.08. The van der Waals surface area contributed by atoms with Crippen LogP contribution in [0.1, 0.15) is 29.0 Å². The number of hydrogen-bond donors (Lipinski definition) is 1. The summed E-state index contributed by atoms with van der Waals surface area (Å²) in [5.41, 5.74) is 4.79. The summed E-state index contributed by atoms with van der Waals surface area (Å²) < 4.78 is 2.08. The van der Waals surface area contributed by atoms with Crippen LogP contribution in [0.3, 0.4) is 0 Å². The zero-order valence-electron chi connectivity index (χ0n) is 16.7. The van der Waals surface area contributed by atoms with Gasteiger partial charge in [0.05, 0.1) is 6.42 Å². The van der Waals surface area contributed by atoms with E-state index in [0.29, 0.717) is 13.0 Å². The van der Waals surface area contributed by atoms with Crippen LogP contribution in [0.2, 0.25) is 0 Å². The maximum absolute atomic E-state index is 12.6. The Balaban J connectivity index is 1.41. The molecule has 0 radical (unpaired) electrons. The van der Waals surface area contributed by atoms with Gasteiger partial charge in [0, 0.05) is 36.6 Å². The standard InChI is InChI=1S/C26H26N2O/c1-28-19-22(24-14-8-9-15-25(24)28)18-26(29)27-17-16-23(20-10-4-2-5-11-20)21-12-6-3-7-13-21/h2-15,19,23H,16-18H2,1H3,(H,27,29). The molecule has 0 saturated heterocycles. The van der Waals surface area contributed by atoms with E-state index in [-0.39, 0.29) is 11.8 Å². The van der Waals surface area contributed by atoms with Crippen LogP contribution in [0.25, 0.3) is 10.9 Å². The monoisotopic (exact) mass is 382 g/mol. The molecule has 1 N–H and O–H groups in total. The van der Waals surface area contributed by atoms with E-state index in [9.17, 15) is 4.79 Å². The Morgan fingerprint density at radius 2 is 1.45 bits per heavy atom. The molecule has 1 heterocycles. The largest absolute Gasteiger partial charge is 0.356 e. The molecular weight excluding hydrogens is 356 g/mol. The number of benzene rings is 3. The van der Waals surface area contributed by atoms with E-state index < -0.39 is 0 Å². The van der Waals surface area contributed by atoms with Crippen molar-refractivity contribution in [1.29, 1.82) is 0 Å². The summed E-state index contributed by atoms with van der Waals surface area (Å²) in [6.07, 6.45) is 3.33. The van der Waals surface area contributed by atoms with E-state index in [1.54, 1.807) is 0 Å². The molecule has 4 aromatic rings. The molecule has 0 spiro atoms. The third kappa shape index (κ3) is 4.40. The fourth-order valence-corrected chi connectivity index (χ4v) is 4.05. The van der Waals surface area contributed by atoms with Gasteiger partial charge in [0.2, 0.25) is 5.91 Å². The minimum absolute atomic E-state index is 0.0706. The van der Waals surface area contributed by atoms with Gasteiger partial charge in [-0.2, -0.15) is 0 Å². The normalized spacial score (nSPS) is 11.1. The highest BCUT2D eigenvalue weighted by Crippen LogP contribution is 2.27. The number of hydrogen-bond acceptors (Lipinski definition) is 1. The van der Waals surface area contributed by atoms with E-state index >= 15 is 0 Å². The summed E-state index contributed by atoms with van der Waals surface area (Å²) in [6, 6.07) is 29.2. The van der Waals surface area contributed by atoms with Crippen LogP contribution < -0.4 is 5.32 Å². The van der Waals surface area contributed by atoms with Gasteiger partial charge >= 0.3 is 0 Å². The van der Waals surface area contributed by atoms with Gasteiger partial charge in [-0.1, -0.05) is 78.9 Å². The second kappa shape index (κ2) is 8.78. The van der Waals surface area contributed by atoms with Crippen LogP contribution >= 0.6 is 0 Å². The molecule has 0 saturated carbocycles. The van der Waals surface area contributed by atoms with Crippen LogP contribution in [0.4, 0.5) is 0 Å². The molecule has 0 aliphatic carbocycles. The van der Waals surface area contributed by atoms with Gasteiger partial charge in [0.15, 0.2) is 0 Å². The van der Waals surface area contributed by atoms with Crippen LogP contribution in [-0.2, 0) is 18.3 Å². The fraction of sp³-hybridized carbons (Fsp3) is 0.192. The van der Waals surface area contributed by atoms with Gasteiger partial charge in [-0.15, -0.1) is 0 Å². The van der Waals surface area contributed by atoms with Crippen molar-refractivity contribution in [2.45, 2.75) is 18.8 Å². The number of carbonyl (C=O) groups is 1. The fourth-order valence-electron chi connectivity index (χ4n) is 4.05. The molecule has 146 valence electrons. The summed E-state index contributed by atoms with van der Waals surface area (Å²) in [5.74, 6) is 0.344. The zero-order valence-corrected chi connectivity index (χ0v) is 16.7. The van der Waals surface area contributed by atoms with Crippen molar-refractivity contribution < 1.29 is 4.79 Å². The number of para-hydroxylation sites is 1. The SMILES string of the molecule is Cn1cc(CC(=O)NCCC(c2ccccc2)c2ccccc2)c2ccccc21. The van der Waals surface area contributed by atoms with Gasteiger partial charge < -0.3 is 9.88 Å². The van der Waals surface area contributed by atoms with Gasteiger partial charge in [0.25, 0.3) is 0 Å². The Bertz CT molecular complexity index is 1040. The molecule has 0 unspecified atom stereocenters. The number of aryl methyl sites for hydroxylation is 1. The van der Waals surface area contributed by atoms with Crippen molar-refractivity contribution >= 4 is 16.8 Å². The van der Waals surface area contributed by atoms with E-state index in [4.69, 9.17) is 0 Å². The van der Waals surface area contributed by atoms with Gasteiger partial charge in [-0.3, -0.25) is 4.79 Å². The first-order valence-corrected chi connectivity index (χ1v) is 10.1. The Morgan fingerprint density at radius 1 is 0.862 bits per heavy atom.